The molecule has 0 aliphatic rings. The number of carbonyl (C=O) groups excluding carboxylic acids is 2. The highest BCUT2D eigenvalue weighted by Gasteiger charge is 2.21. The van der Waals surface area contributed by atoms with Gasteiger partial charge in [0.25, 0.3) is 0 Å². The highest BCUT2D eigenvalue weighted by atomic mass is 16.6. The fourth-order valence-electron chi connectivity index (χ4n) is 0.361. The number of ether oxygens (including phenoxy) is 1. The Kier molecular flexibility index (Phi) is 4.42. The van der Waals surface area contributed by atoms with E-state index in [9.17, 15) is 9.59 Å². The van der Waals surface area contributed by atoms with Gasteiger partial charge < -0.3 is 20.1 Å². The van der Waals surface area contributed by atoms with E-state index >= 15 is 0 Å². The van der Waals surface area contributed by atoms with Crippen molar-refractivity contribution in [3.8, 4) is 0 Å². The lowest BCUT2D eigenvalue weighted by atomic mass is 10.3. The first kappa shape index (κ1) is 11.0. The van der Waals surface area contributed by atoms with Crippen LogP contribution >= 0.6 is 0 Å². The van der Waals surface area contributed by atoms with E-state index in [0.717, 1.165) is 6.92 Å². The molecule has 0 aromatic rings. The van der Waals surface area contributed by atoms with Crippen LogP contribution in [0, 0.1) is 0 Å². The number of ketones is 1. The van der Waals surface area contributed by atoms with E-state index in [1.54, 1.807) is 0 Å². The third-order valence-electron chi connectivity index (χ3n) is 1.03. The van der Waals surface area contributed by atoms with Crippen LogP contribution in [0.15, 0.2) is 0 Å². The van der Waals surface area contributed by atoms with Crippen LogP contribution < -0.4 is 0 Å². The molecular weight excluding hydrogens is 168 g/mol. The second-order valence-electron chi connectivity index (χ2n) is 2.10. The number of carbonyl (C=O) groups is 2. The van der Waals surface area contributed by atoms with Crippen LogP contribution in [0.2, 0.25) is 0 Å². The van der Waals surface area contributed by atoms with Gasteiger partial charge in [-0.05, 0) is 0 Å². The Morgan fingerprint density at radius 3 is 2.25 bits per heavy atom. The molecule has 6 nitrogen and oxygen atoms in total. The van der Waals surface area contributed by atoms with Crippen molar-refractivity contribution >= 4 is 11.8 Å². The van der Waals surface area contributed by atoms with Crippen molar-refractivity contribution in [2.75, 3.05) is 6.61 Å². The Morgan fingerprint density at radius 2 is 1.92 bits per heavy atom. The standard InChI is InChI=1S/C6H10O6/c1-3(8)5(10)12-6(11)4(9)2-7/h4,6-7,9,11H,2H2,1H3. The van der Waals surface area contributed by atoms with Crippen molar-refractivity contribution < 1.29 is 29.6 Å². The van der Waals surface area contributed by atoms with E-state index in [1.807, 2.05) is 0 Å². The largest absolute Gasteiger partial charge is 0.427 e. The van der Waals surface area contributed by atoms with E-state index in [2.05, 4.69) is 4.74 Å². The number of aliphatic hydroxyl groups is 3. The van der Waals surface area contributed by atoms with Gasteiger partial charge in [-0.25, -0.2) is 4.79 Å². The van der Waals surface area contributed by atoms with Crippen molar-refractivity contribution in [3.05, 3.63) is 0 Å². The minimum atomic E-state index is -1.87. The van der Waals surface area contributed by atoms with Crippen molar-refractivity contribution in [1.82, 2.24) is 0 Å². The lowest BCUT2D eigenvalue weighted by Gasteiger charge is -2.14. The summed E-state index contributed by atoms with van der Waals surface area (Å²) in [6, 6.07) is 0. The second kappa shape index (κ2) is 4.81. The molecule has 0 saturated carbocycles. The van der Waals surface area contributed by atoms with Gasteiger partial charge in [0, 0.05) is 6.92 Å². The normalized spacial score (nSPS) is 15.0. The predicted molar refractivity (Wildman–Crippen MR) is 35.9 cm³/mol. The van der Waals surface area contributed by atoms with Crippen LogP contribution in [0.4, 0.5) is 0 Å². The molecule has 0 aromatic carbocycles. The maximum atomic E-state index is 10.4. The van der Waals surface area contributed by atoms with Crippen LogP contribution in [-0.2, 0) is 14.3 Å². The zero-order valence-electron chi connectivity index (χ0n) is 6.43. The van der Waals surface area contributed by atoms with Crippen molar-refractivity contribution in [3.63, 3.8) is 0 Å². The second-order valence-corrected chi connectivity index (χ2v) is 2.10. The molecule has 0 saturated heterocycles. The molecule has 0 aliphatic heterocycles. The number of Topliss-reactive ketones (excluding diaryl/α,β-unsaturated/α-hetero) is 1. The van der Waals surface area contributed by atoms with Gasteiger partial charge in [-0.2, -0.15) is 0 Å². The summed E-state index contributed by atoms with van der Waals surface area (Å²) >= 11 is 0. The number of hydrogen-bond acceptors (Lipinski definition) is 6. The van der Waals surface area contributed by atoms with Crippen molar-refractivity contribution in [1.29, 1.82) is 0 Å². The fraction of sp³-hybridized carbons (Fsp3) is 0.667. The number of esters is 1. The molecule has 0 bridgehead atoms. The average Bonchev–Trinajstić information content (AvgIpc) is 2.02. The van der Waals surface area contributed by atoms with E-state index in [-0.39, 0.29) is 0 Å². The smallest absolute Gasteiger partial charge is 0.376 e. The van der Waals surface area contributed by atoms with Crippen LogP contribution in [0.5, 0.6) is 0 Å². The van der Waals surface area contributed by atoms with Gasteiger partial charge in [0.2, 0.25) is 12.1 Å². The van der Waals surface area contributed by atoms with Crippen molar-refractivity contribution in [2.24, 2.45) is 0 Å². The molecular formula is C6H10O6. The molecule has 6 heteroatoms. The van der Waals surface area contributed by atoms with E-state index in [4.69, 9.17) is 15.3 Å². The van der Waals surface area contributed by atoms with Gasteiger partial charge in [0.15, 0.2) is 0 Å². The van der Waals surface area contributed by atoms with Gasteiger partial charge in [0.05, 0.1) is 6.61 Å². The lowest BCUT2D eigenvalue weighted by molar-refractivity contribution is -0.191. The molecule has 0 fully saturated rings. The summed E-state index contributed by atoms with van der Waals surface area (Å²) in [5, 5.41) is 25.7. The fourth-order valence-corrected chi connectivity index (χ4v) is 0.361. The molecule has 2 atom stereocenters. The highest BCUT2D eigenvalue weighted by Crippen LogP contribution is 1.95. The van der Waals surface area contributed by atoms with E-state index in [1.165, 1.54) is 0 Å². The Bertz CT molecular complexity index is 177. The van der Waals surface area contributed by atoms with E-state index in [0.29, 0.717) is 0 Å². The number of hydrogen-bond donors (Lipinski definition) is 3. The topological polar surface area (TPSA) is 104 Å². The maximum absolute atomic E-state index is 10.4. The molecule has 3 N–H and O–H groups in total. The minimum Gasteiger partial charge on any atom is -0.427 e. The monoisotopic (exact) mass is 178 g/mol. The Balaban J connectivity index is 3.92. The van der Waals surface area contributed by atoms with Crippen molar-refractivity contribution in [2.45, 2.75) is 19.3 Å². The molecule has 0 rings (SSSR count). The minimum absolute atomic E-state index is 0.758. The van der Waals surface area contributed by atoms with E-state index < -0.39 is 30.8 Å². The summed E-state index contributed by atoms with van der Waals surface area (Å²) in [7, 11) is 0. The molecule has 0 heterocycles. The third kappa shape index (κ3) is 3.42. The Hall–Kier alpha value is -0.980. The average molecular weight is 178 g/mol. The van der Waals surface area contributed by atoms with Crippen LogP contribution in [0.3, 0.4) is 0 Å². The number of rotatable bonds is 4. The SMILES string of the molecule is CC(=O)C(=O)OC(O)C(O)CO. The third-order valence-corrected chi connectivity index (χ3v) is 1.03. The first-order valence-electron chi connectivity index (χ1n) is 3.17. The Labute approximate surface area is 68.4 Å². The van der Waals surface area contributed by atoms with Crippen LogP contribution in [0.1, 0.15) is 6.92 Å². The molecule has 0 spiro atoms. The summed E-state index contributed by atoms with van der Waals surface area (Å²) in [6.45, 7) is 0.201. The molecule has 0 aliphatic carbocycles. The van der Waals surface area contributed by atoms with Gasteiger partial charge >= 0.3 is 5.97 Å². The van der Waals surface area contributed by atoms with Gasteiger partial charge in [-0.15, -0.1) is 0 Å². The summed E-state index contributed by atoms with van der Waals surface area (Å²) in [6.07, 6.45) is -3.46. The van der Waals surface area contributed by atoms with Crippen LogP contribution in [0.25, 0.3) is 0 Å². The zero-order chi connectivity index (χ0) is 9.72. The van der Waals surface area contributed by atoms with Crippen LogP contribution in [-0.4, -0.2) is 46.1 Å². The highest BCUT2D eigenvalue weighted by molar-refractivity contribution is 6.32. The molecule has 12 heavy (non-hydrogen) atoms. The first-order valence-corrected chi connectivity index (χ1v) is 3.17. The summed E-state index contributed by atoms with van der Waals surface area (Å²) in [4.78, 5) is 20.7. The molecule has 0 aromatic heterocycles. The predicted octanol–water partition coefficient (Wildman–Crippen LogP) is -2.21. The quantitative estimate of drug-likeness (QED) is 0.256. The van der Waals surface area contributed by atoms with Gasteiger partial charge in [0.1, 0.15) is 6.10 Å². The van der Waals surface area contributed by atoms with Gasteiger partial charge in [-0.3, -0.25) is 4.79 Å². The molecule has 0 amide bonds. The summed E-state index contributed by atoms with van der Waals surface area (Å²) in [5.41, 5.74) is 0. The van der Waals surface area contributed by atoms with Gasteiger partial charge in [-0.1, -0.05) is 0 Å². The molecule has 2 unspecified atom stereocenters. The molecule has 70 valence electrons. The zero-order valence-corrected chi connectivity index (χ0v) is 6.43. The summed E-state index contributed by atoms with van der Waals surface area (Å²) in [5.74, 6) is -2.14. The number of aliphatic hydroxyl groups excluding tert-OH is 3. The Morgan fingerprint density at radius 1 is 1.42 bits per heavy atom. The lowest BCUT2D eigenvalue weighted by Crippen LogP contribution is -2.35. The first-order chi connectivity index (χ1) is 5.49. The maximum Gasteiger partial charge on any atom is 0.376 e. The summed E-state index contributed by atoms with van der Waals surface area (Å²) < 4.78 is 4.02. The molecule has 0 radical (unpaired) electrons.